The molecule has 0 aliphatic rings. The number of nitrogens with zero attached hydrogens (tertiary/aromatic N) is 1. The quantitative estimate of drug-likeness (QED) is 0.0272. The summed E-state index contributed by atoms with van der Waals surface area (Å²) in [6.45, 7) is 4.53. The smallest absolute Gasteiger partial charge is 0.268 e. The van der Waals surface area contributed by atoms with E-state index < -0.39 is 26.6 Å². The third kappa shape index (κ3) is 60.8. The van der Waals surface area contributed by atoms with Crippen molar-refractivity contribution in [2.45, 2.75) is 283 Å². The van der Waals surface area contributed by atoms with Crippen molar-refractivity contribution < 1.29 is 32.9 Å². The molecule has 2 N–H and O–H groups in total. The summed E-state index contributed by atoms with van der Waals surface area (Å²) in [4.78, 5) is 25.6. The average molecular weight is 1110 g/mol. The highest BCUT2D eigenvalue weighted by molar-refractivity contribution is 7.45. The monoisotopic (exact) mass is 1110 g/mol. The lowest BCUT2D eigenvalue weighted by Gasteiger charge is -2.29. The molecule has 0 rings (SSSR count). The normalized spacial score (nSPS) is 14.5. The summed E-state index contributed by atoms with van der Waals surface area (Å²) in [6.07, 6.45) is 86.1. The van der Waals surface area contributed by atoms with Crippen molar-refractivity contribution in [3.8, 4) is 0 Å². The van der Waals surface area contributed by atoms with Gasteiger partial charge >= 0.3 is 0 Å². The number of carbonyl (C=O) groups excluding carboxylic acids is 1. The van der Waals surface area contributed by atoms with Crippen LogP contribution in [0.1, 0.15) is 271 Å². The van der Waals surface area contributed by atoms with Gasteiger partial charge in [0.2, 0.25) is 5.91 Å². The van der Waals surface area contributed by atoms with Gasteiger partial charge in [-0.25, -0.2) is 0 Å². The lowest BCUT2D eigenvalue weighted by atomic mass is 10.0. The number of phosphoric acid groups is 1. The van der Waals surface area contributed by atoms with Gasteiger partial charge in [0, 0.05) is 6.42 Å². The fraction of sp³-hybridized carbons (Fsp3) is 0.725. The summed E-state index contributed by atoms with van der Waals surface area (Å²) in [7, 11) is 1.23. The molecule has 0 saturated heterocycles. The molecule has 0 aliphatic carbocycles. The number of aliphatic hydroxyl groups is 1. The van der Waals surface area contributed by atoms with Gasteiger partial charge in [0.15, 0.2) is 0 Å². The molecule has 8 nitrogen and oxygen atoms in total. The van der Waals surface area contributed by atoms with Gasteiger partial charge < -0.3 is 28.8 Å². The van der Waals surface area contributed by atoms with E-state index in [9.17, 15) is 19.4 Å². The van der Waals surface area contributed by atoms with Gasteiger partial charge in [0.25, 0.3) is 7.82 Å². The molecular formula is C69H123N2O6P. The molecule has 0 saturated carbocycles. The summed E-state index contributed by atoms with van der Waals surface area (Å²) in [5.41, 5.74) is 0. The fourth-order valence-corrected chi connectivity index (χ4v) is 9.70. The van der Waals surface area contributed by atoms with E-state index in [1.165, 1.54) is 167 Å². The SMILES string of the molecule is CC/C=C\C/C=C\C/C=C\C/C=C\C/C=C\C/C=C\C/C=C\CCCCCCCCCCCCCC(=O)NC(COP(=O)([O-])OCC[N+](C)(C)C)C(O)/C=C/CC/C=C/CCCCCCCCCCCCCCCCCCC. The Bertz CT molecular complexity index is 1640. The second kappa shape index (κ2) is 58.8. The Kier molecular flexibility index (Phi) is 56.7. The minimum atomic E-state index is -4.62. The third-order valence-corrected chi connectivity index (χ3v) is 14.9. The van der Waals surface area contributed by atoms with Crippen LogP contribution in [-0.2, 0) is 18.4 Å². The molecule has 3 unspecified atom stereocenters. The van der Waals surface area contributed by atoms with Crippen molar-refractivity contribution in [1.82, 2.24) is 5.32 Å². The number of rotatable bonds is 58. The van der Waals surface area contributed by atoms with Crippen LogP contribution >= 0.6 is 7.82 Å². The number of hydrogen-bond donors (Lipinski definition) is 2. The van der Waals surface area contributed by atoms with Crippen LogP contribution in [0.15, 0.2) is 109 Å². The van der Waals surface area contributed by atoms with Crippen molar-refractivity contribution in [3.05, 3.63) is 109 Å². The summed E-state index contributed by atoms with van der Waals surface area (Å²) >= 11 is 0. The minimum Gasteiger partial charge on any atom is -0.756 e. The largest absolute Gasteiger partial charge is 0.756 e. The Balaban J connectivity index is 4.19. The number of carbonyl (C=O) groups is 1. The molecule has 1 amide bonds. The minimum absolute atomic E-state index is 0.0114. The van der Waals surface area contributed by atoms with E-state index in [-0.39, 0.29) is 12.5 Å². The first-order chi connectivity index (χ1) is 38.0. The van der Waals surface area contributed by atoms with Crippen molar-refractivity contribution in [2.24, 2.45) is 0 Å². The highest BCUT2D eigenvalue weighted by atomic mass is 31.2. The first-order valence-electron chi connectivity index (χ1n) is 32.2. The topological polar surface area (TPSA) is 108 Å². The summed E-state index contributed by atoms with van der Waals surface area (Å²) in [5.74, 6) is -0.213. The molecule has 0 aromatic carbocycles. The van der Waals surface area contributed by atoms with E-state index in [0.717, 1.165) is 83.5 Å². The maximum absolute atomic E-state index is 13.0. The molecule has 3 atom stereocenters. The van der Waals surface area contributed by atoms with Gasteiger partial charge in [0.1, 0.15) is 13.2 Å². The van der Waals surface area contributed by atoms with Crippen molar-refractivity contribution >= 4 is 13.7 Å². The second-order valence-corrected chi connectivity index (χ2v) is 24.1. The predicted octanol–water partition coefficient (Wildman–Crippen LogP) is 19.7. The van der Waals surface area contributed by atoms with Crippen LogP contribution in [0.25, 0.3) is 0 Å². The van der Waals surface area contributed by atoms with E-state index in [4.69, 9.17) is 9.05 Å². The van der Waals surface area contributed by atoms with Crippen LogP contribution in [0.5, 0.6) is 0 Å². The molecule has 0 radical (unpaired) electrons. The van der Waals surface area contributed by atoms with Gasteiger partial charge in [-0.15, -0.1) is 0 Å². The number of phosphoric ester groups is 1. The van der Waals surface area contributed by atoms with Crippen molar-refractivity contribution in [3.63, 3.8) is 0 Å². The van der Waals surface area contributed by atoms with Crippen LogP contribution in [0, 0.1) is 0 Å². The molecule has 78 heavy (non-hydrogen) atoms. The van der Waals surface area contributed by atoms with E-state index in [2.05, 4.69) is 116 Å². The van der Waals surface area contributed by atoms with Gasteiger partial charge in [-0.1, -0.05) is 284 Å². The summed E-state index contributed by atoms with van der Waals surface area (Å²) in [5, 5.41) is 13.9. The van der Waals surface area contributed by atoms with Crippen LogP contribution < -0.4 is 10.2 Å². The second-order valence-electron chi connectivity index (χ2n) is 22.7. The lowest BCUT2D eigenvalue weighted by molar-refractivity contribution is -0.870. The molecule has 9 heteroatoms. The number of unbranched alkanes of at least 4 members (excludes halogenated alkanes) is 29. The van der Waals surface area contributed by atoms with Crippen LogP contribution in [0.2, 0.25) is 0 Å². The number of amides is 1. The maximum atomic E-state index is 13.0. The Morgan fingerprint density at radius 2 is 0.795 bits per heavy atom. The van der Waals surface area contributed by atoms with Gasteiger partial charge in [-0.05, 0) is 89.9 Å². The van der Waals surface area contributed by atoms with E-state index in [1.54, 1.807) is 6.08 Å². The van der Waals surface area contributed by atoms with Crippen LogP contribution in [0.4, 0.5) is 0 Å². The lowest BCUT2D eigenvalue weighted by Crippen LogP contribution is -2.45. The average Bonchev–Trinajstić information content (AvgIpc) is 3.41. The number of hydrogen-bond acceptors (Lipinski definition) is 6. The zero-order valence-electron chi connectivity index (χ0n) is 51.3. The van der Waals surface area contributed by atoms with Gasteiger partial charge in [-0.2, -0.15) is 0 Å². The van der Waals surface area contributed by atoms with E-state index >= 15 is 0 Å². The molecule has 0 aromatic rings. The molecule has 0 heterocycles. The number of allylic oxidation sites excluding steroid dienone is 17. The summed E-state index contributed by atoms with van der Waals surface area (Å²) < 4.78 is 23.4. The molecule has 0 bridgehead atoms. The highest BCUT2D eigenvalue weighted by Crippen LogP contribution is 2.38. The van der Waals surface area contributed by atoms with Gasteiger partial charge in [-0.3, -0.25) is 9.36 Å². The van der Waals surface area contributed by atoms with E-state index in [1.807, 2.05) is 27.2 Å². The Hall–Kier alpha value is -2.84. The maximum Gasteiger partial charge on any atom is 0.268 e. The molecule has 450 valence electrons. The zero-order valence-corrected chi connectivity index (χ0v) is 52.2. The molecule has 0 fully saturated rings. The first-order valence-corrected chi connectivity index (χ1v) is 33.7. The Morgan fingerprint density at radius 1 is 0.462 bits per heavy atom. The molecule has 0 aromatic heterocycles. The fourth-order valence-electron chi connectivity index (χ4n) is 8.97. The molecule has 0 aliphatic heterocycles. The zero-order chi connectivity index (χ0) is 57.0. The van der Waals surface area contributed by atoms with Gasteiger partial charge in [0.05, 0.1) is 39.9 Å². The first kappa shape index (κ1) is 75.2. The van der Waals surface area contributed by atoms with Crippen molar-refractivity contribution in [2.75, 3.05) is 40.9 Å². The van der Waals surface area contributed by atoms with Crippen LogP contribution in [0.3, 0.4) is 0 Å². The van der Waals surface area contributed by atoms with E-state index in [0.29, 0.717) is 17.4 Å². The number of likely N-dealkylation sites (N-methyl/N-ethyl adjacent to an activating group) is 1. The predicted molar refractivity (Wildman–Crippen MR) is 339 cm³/mol. The number of aliphatic hydroxyl groups excluding tert-OH is 1. The highest BCUT2D eigenvalue weighted by Gasteiger charge is 2.23. The van der Waals surface area contributed by atoms with Crippen LogP contribution in [-0.4, -0.2) is 68.5 Å². The Labute approximate surface area is 482 Å². The van der Waals surface area contributed by atoms with Crippen molar-refractivity contribution in [1.29, 1.82) is 0 Å². The summed E-state index contributed by atoms with van der Waals surface area (Å²) in [6, 6.07) is -0.913. The molecular weight excluding hydrogens is 984 g/mol. The Morgan fingerprint density at radius 3 is 1.19 bits per heavy atom. The third-order valence-electron chi connectivity index (χ3n) is 14.0. The number of quaternary nitrogens is 1. The molecule has 0 spiro atoms. The standard InChI is InChI=1S/C69H123N2O6P/c1-6-8-10-12-14-16-18-20-22-24-26-28-30-31-32-33-34-35-36-37-38-39-41-43-45-47-49-51-53-55-57-59-61-63-69(73)70-67(66-77-78(74,75)76-65-64-71(3,4)5)68(72)62-60-58-56-54-52-50-48-46-44-42-40-29-27-25-23-21-19-17-15-13-11-9-7-2/h8,10,14,16,20,22,26,28,31-32,34-35,37-38,52,54,60,62,67-68,72H,6-7,9,11-13,15,17-19,21,23-25,27,29-30,33,36,39-51,53,55-59,61,63-66H2,1-5H3,(H-,70,73,74,75)/b10-8-,16-14-,22-20-,28-26-,32-31-,35-34-,38-37-,54-52+,62-60+. The number of nitrogens with one attached hydrogen (secondary N) is 1.